The standard InChI is InChI=1S/C20H26N4O2/c1-12(2)10-15-13-6-4-5-7-14(13)16-17-18(26-20(16)24-15)19(23-11-22-17)21-8-9-25-3/h11-12H,4-10H2,1-3H3,(H,21,22,23). The maximum atomic E-state index is 6.16. The van der Waals surface area contributed by atoms with Gasteiger partial charge in [-0.25, -0.2) is 15.0 Å². The highest BCUT2D eigenvalue weighted by Gasteiger charge is 2.24. The van der Waals surface area contributed by atoms with E-state index in [9.17, 15) is 0 Å². The molecule has 1 N–H and O–H groups in total. The van der Waals surface area contributed by atoms with Crippen LogP contribution in [0.15, 0.2) is 10.7 Å². The van der Waals surface area contributed by atoms with Gasteiger partial charge in [-0.3, -0.25) is 0 Å². The maximum Gasteiger partial charge on any atom is 0.229 e. The minimum absolute atomic E-state index is 0.571. The van der Waals surface area contributed by atoms with Gasteiger partial charge in [0.25, 0.3) is 0 Å². The molecule has 1 aliphatic carbocycles. The van der Waals surface area contributed by atoms with E-state index in [2.05, 4.69) is 29.1 Å². The summed E-state index contributed by atoms with van der Waals surface area (Å²) in [5.41, 5.74) is 6.27. The van der Waals surface area contributed by atoms with Crippen LogP contribution in [-0.2, 0) is 24.0 Å². The highest BCUT2D eigenvalue weighted by Crippen LogP contribution is 2.37. The van der Waals surface area contributed by atoms with E-state index in [1.54, 1.807) is 13.4 Å². The molecule has 138 valence electrons. The third kappa shape index (κ3) is 3.03. The molecule has 0 bridgehead atoms. The first-order valence-electron chi connectivity index (χ1n) is 9.49. The number of hydrogen-bond acceptors (Lipinski definition) is 6. The summed E-state index contributed by atoms with van der Waals surface area (Å²) in [6.45, 7) is 5.76. The van der Waals surface area contributed by atoms with Gasteiger partial charge in [-0.05, 0) is 49.1 Å². The lowest BCUT2D eigenvalue weighted by atomic mass is 9.87. The molecule has 6 heteroatoms. The second-order valence-corrected chi connectivity index (χ2v) is 7.42. The number of hydrogen-bond donors (Lipinski definition) is 1. The molecule has 1 aliphatic rings. The molecule has 0 unspecified atom stereocenters. The van der Waals surface area contributed by atoms with Crippen LogP contribution in [0, 0.1) is 5.92 Å². The fraction of sp³-hybridized carbons (Fsp3) is 0.550. The van der Waals surface area contributed by atoms with E-state index in [1.165, 1.54) is 29.7 Å². The van der Waals surface area contributed by atoms with Crippen molar-refractivity contribution in [2.24, 2.45) is 5.92 Å². The van der Waals surface area contributed by atoms with E-state index in [1.807, 2.05) is 0 Å². The predicted octanol–water partition coefficient (Wildman–Crippen LogP) is 3.91. The van der Waals surface area contributed by atoms with Crippen LogP contribution in [0.1, 0.15) is 43.5 Å². The summed E-state index contributed by atoms with van der Waals surface area (Å²) in [4.78, 5) is 13.8. The molecule has 0 aliphatic heterocycles. The Labute approximate surface area is 153 Å². The fourth-order valence-corrected chi connectivity index (χ4v) is 3.89. The minimum atomic E-state index is 0.571. The highest BCUT2D eigenvalue weighted by atomic mass is 16.5. The number of anilines is 1. The lowest BCUT2D eigenvalue weighted by Gasteiger charge is -2.20. The summed E-state index contributed by atoms with van der Waals surface area (Å²) >= 11 is 0. The average molecular weight is 354 g/mol. The number of methoxy groups -OCH3 is 1. The number of rotatable bonds is 6. The molecule has 6 nitrogen and oxygen atoms in total. The molecule has 0 saturated carbocycles. The van der Waals surface area contributed by atoms with Crippen LogP contribution in [-0.4, -0.2) is 35.2 Å². The fourth-order valence-electron chi connectivity index (χ4n) is 3.89. The molecule has 0 atom stereocenters. The Hall–Kier alpha value is -2.21. The van der Waals surface area contributed by atoms with Crippen LogP contribution in [0.3, 0.4) is 0 Å². The number of aryl methyl sites for hydroxylation is 1. The van der Waals surface area contributed by atoms with E-state index in [0.717, 1.165) is 30.2 Å². The zero-order valence-electron chi connectivity index (χ0n) is 15.8. The van der Waals surface area contributed by atoms with Crippen molar-refractivity contribution in [3.8, 4) is 0 Å². The van der Waals surface area contributed by atoms with Gasteiger partial charge < -0.3 is 14.5 Å². The van der Waals surface area contributed by atoms with Crippen molar-refractivity contribution in [2.75, 3.05) is 25.6 Å². The first-order valence-corrected chi connectivity index (χ1v) is 9.49. The molecule has 0 aromatic carbocycles. The Morgan fingerprint density at radius 3 is 2.77 bits per heavy atom. The number of nitrogens with zero attached hydrogens (tertiary/aromatic N) is 3. The van der Waals surface area contributed by atoms with Crippen molar-refractivity contribution in [1.29, 1.82) is 0 Å². The predicted molar refractivity (Wildman–Crippen MR) is 103 cm³/mol. The van der Waals surface area contributed by atoms with Crippen molar-refractivity contribution >= 4 is 28.0 Å². The largest absolute Gasteiger partial charge is 0.432 e. The Morgan fingerprint density at radius 1 is 1.19 bits per heavy atom. The SMILES string of the molecule is COCCNc1ncnc2c1oc1nc(CC(C)C)c3c(c12)CCCC3. The summed E-state index contributed by atoms with van der Waals surface area (Å²) in [6, 6.07) is 0. The molecule has 3 aromatic heterocycles. The van der Waals surface area contributed by atoms with Gasteiger partial charge in [-0.1, -0.05) is 13.8 Å². The van der Waals surface area contributed by atoms with Crippen molar-refractivity contribution in [3.63, 3.8) is 0 Å². The Bertz CT molecular complexity index is 933. The summed E-state index contributed by atoms with van der Waals surface area (Å²) in [7, 11) is 1.69. The second kappa shape index (κ2) is 7.19. The van der Waals surface area contributed by atoms with Gasteiger partial charge in [0.05, 0.1) is 12.0 Å². The van der Waals surface area contributed by atoms with Crippen molar-refractivity contribution in [2.45, 2.75) is 46.0 Å². The third-order valence-corrected chi connectivity index (χ3v) is 5.01. The molecule has 3 heterocycles. The topological polar surface area (TPSA) is 73.1 Å². The van der Waals surface area contributed by atoms with E-state index in [-0.39, 0.29) is 0 Å². The van der Waals surface area contributed by atoms with Gasteiger partial charge in [0.15, 0.2) is 11.4 Å². The van der Waals surface area contributed by atoms with Crippen LogP contribution < -0.4 is 5.32 Å². The average Bonchev–Trinajstić information content (AvgIpc) is 3.01. The highest BCUT2D eigenvalue weighted by molar-refractivity contribution is 6.06. The first-order chi connectivity index (χ1) is 12.7. The first kappa shape index (κ1) is 17.2. The molecular formula is C20H26N4O2. The third-order valence-electron chi connectivity index (χ3n) is 5.01. The summed E-state index contributed by atoms with van der Waals surface area (Å²) in [6.07, 6.45) is 7.22. The van der Waals surface area contributed by atoms with Crippen molar-refractivity contribution in [1.82, 2.24) is 15.0 Å². The van der Waals surface area contributed by atoms with Gasteiger partial charge in [0.2, 0.25) is 5.71 Å². The van der Waals surface area contributed by atoms with Crippen LogP contribution in [0.5, 0.6) is 0 Å². The van der Waals surface area contributed by atoms with Crippen LogP contribution in [0.4, 0.5) is 5.82 Å². The van der Waals surface area contributed by atoms with E-state index in [4.69, 9.17) is 14.1 Å². The van der Waals surface area contributed by atoms with Crippen molar-refractivity contribution < 1.29 is 9.15 Å². The monoisotopic (exact) mass is 354 g/mol. The number of ether oxygens (including phenoxy) is 1. The van der Waals surface area contributed by atoms with Gasteiger partial charge in [-0.2, -0.15) is 0 Å². The molecule has 0 amide bonds. The van der Waals surface area contributed by atoms with Crippen LogP contribution >= 0.6 is 0 Å². The number of fused-ring (bicyclic) bond motifs is 5. The van der Waals surface area contributed by atoms with Crippen LogP contribution in [0.2, 0.25) is 0 Å². The number of pyridine rings is 1. The minimum Gasteiger partial charge on any atom is -0.432 e. The van der Waals surface area contributed by atoms with Gasteiger partial charge in [0, 0.05) is 19.3 Å². The molecule has 4 rings (SSSR count). The van der Waals surface area contributed by atoms with Gasteiger partial charge in [0.1, 0.15) is 11.8 Å². The lowest BCUT2D eigenvalue weighted by molar-refractivity contribution is 0.210. The van der Waals surface area contributed by atoms with Gasteiger partial charge in [-0.15, -0.1) is 0 Å². The van der Waals surface area contributed by atoms with Gasteiger partial charge >= 0.3 is 0 Å². The van der Waals surface area contributed by atoms with E-state index >= 15 is 0 Å². The molecule has 3 aromatic rings. The maximum absolute atomic E-state index is 6.16. The Morgan fingerprint density at radius 2 is 2.00 bits per heavy atom. The number of furan rings is 1. The summed E-state index contributed by atoms with van der Waals surface area (Å²) in [5, 5.41) is 4.36. The molecule has 26 heavy (non-hydrogen) atoms. The van der Waals surface area contributed by atoms with Crippen molar-refractivity contribution in [3.05, 3.63) is 23.1 Å². The molecule has 0 fully saturated rings. The molecular weight excluding hydrogens is 328 g/mol. The zero-order chi connectivity index (χ0) is 18.1. The number of aromatic nitrogens is 3. The van der Waals surface area contributed by atoms with Crippen LogP contribution in [0.25, 0.3) is 22.2 Å². The molecule has 0 radical (unpaired) electrons. The summed E-state index contributed by atoms with van der Waals surface area (Å²) in [5.74, 6) is 1.28. The molecule has 0 saturated heterocycles. The lowest BCUT2D eigenvalue weighted by Crippen LogP contribution is -2.11. The zero-order valence-corrected chi connectivity index (χ0v) is 15.8. The second-order valence-electron chi connectivity index (χ2n) is 7.42. The Balaban J connectivity index is 1.90. The Kier molecular flexibility index (Phi) is 4.76. The van der Waals surface area contributed by atoms with E-state index in [0.29, 0.717) is 36.2 Å². The van der Waals surface area contributed by atoms with E-state index < -0.39 is 0 Å². The quantitative estimate of drug-likeness (QED) is 0.677. The smallest absolute Gasteiger partial charge is 0.229 e. The number of nitrogens with one attached hydrogen (secondary N) is 1. The summed E-state index contributed by atoms with van der Waals surface area (Å²) < 4.78 is 11.3. The normalized spacial score (nSPS) is 14.3. The molecule has 0 spiro atoms.